The van der Waals surface area contributed by atoms with Crippen molar-refractivity contribution in [1.82, 2.24) is 20.3 Å². The number of aliphatic hydroxyl groups is 2. The summed E-state index contributed by atoms with van der Waals surface area (Å²) < 4.78 is 0. The number of fused-ring (bicyclic) bond motifs is 1. The van der Waals surface area contributed by atoms with E-state index >= 15 is 0 Å². The fourth-order valence-electron chi connectivity index (χ4n) is 3.32. The van der Waals surface area contributed by atoms with Crippen LogP contribution in [0.2, 0.25) is 0 Å². The number of aliphatic hydroxyl groups excluding tert-OH is 2. The summed E-state index contributed by atoms with van der Waals surface area (Å²) in [7, 11) is 0. The highest BCUT2D eigenvalue weighted by molar-refractivity contribution is 7.99. The van der Waals surface area contributed by atoms with Crippen molar-refractivity contribution in [3.63, 3.8) is 0 Å². The highest BCUT2D eigenvalue weighted by atomic mass is 32.2. The van der Waals surface area contributed by atoms with E-state index in [0.717, 1.165) is 10.5 Å². The lowest BCUT2D eigenvalue weighted by Crippen LogP contribution is -2.35. The van der Waals surface area contributed by atoms with Crippen molar-refractivity contribution in [2.24, 2.45) is 0 Å². The minimum Gasteiger partial charge on any atom is -0.389 e. The number of aromatic amines is 1. The molecule has 0 amide bonds. The van der Waals surface area contributed by atoms with Gasteiger partial charge in [0, 0.05) is 28.5 Å². The average molecular weight is 371 g/mol. The molecule has 1 unspecified atom stereocenters. The number of nitrogens with one attached hydrogen (secondary N) is 2. The maximum atomic E-state index is 10.6. The Morgan fingerprint density at radius 3 is 2.69 bits per heavy atom. The number of rotatable bonds is 4. The molecule has 3 heterocycles. The Morgan fingerprint density at radius 2 is 1.92 bits per heavy atom. The van der Waals surface area contributed by atoms with E-state index in [0.29, 0.717) is 22.6 Å². The first-order valence-corrected chi connectivity index (χ1v) is 9.42. The second-order valence-electron chi connectivity index (χ2n) is 6.58. The third-order valence-electron chi connectivity index (χ3n) is 4.80. The van der Waals surface area contributed by atoms with E-state index < -0.39 is 18.2 Å². The number of anilines is 1. The smallest absolute Gasteiger partial charge is 0.151 e. The molecule has 136 valence electrons. The first-order valence-electron chi connectivity index (χ1n) is 8.43. The summed E-state index contributed by atoms with van der Waals surface area (Å²) >= 11 is 1.65. The van der Waals surface area contributed by atoms with Crippen LogP contribution in [0.3, 0.4) is 0 Å². The van der Waals surface area contributed by atoms with Crippen LogP contribution in [-0.2, 0) is 0 Å². The predicted octanol–water partition coefficient (Wildman–Crippen LogP) is 1.38. The minimum absolute atomic E-state index is 0.231. The van der Waals surface area contributed by atoms with Crippen molar-refractivity contribution in [3.05, 3.63) is 47.9 Å². The number of aryl methyl sites for hydroxylation is 1. The molecule has 1 saturated heterocycles. The highest BCUT2D eigenvalue weighted by Crippen LogP contribution is 2.34. The quantitative estimate of drug-likeness (QED) is 0.439. The molecule has 0 aliphatic carbocycles. The summed E-state index contributed by atoms with van der Waals surface area (Å²) in [4.78, 5) is 12.4. The van der Waals surface area contributed by atoms with Crippen LogP contribution in [0.5, 0.6) is 0 Å². The summed E-state index contributed by atoms with van der Waals surface area (Å²) in [5.41, 5.74) is 9.16. The number of nitrogens with zero attached hydrogens (tertiary/aromatic N) is 2. The van der Waals surface area contributed by atoms with E-state index in [1.807, 2.05) is 0 Å². The Morgan fingerprint density at radius 1 is 1.15 bits per heavy atom. The van der Waals surface area contributed by atoms with E-state index in [1.54, 1.807) is 18.0 Å². The number of thioether (sulfide) groups is 1. The Hall–Kier alpha value is -2.13. The van der Waals surface area contributed by atoms with Crippen molar-refractivity contribution in [3.8, 4) is 0 Å². The Balaban J connectivity index is 1.52. The van der Waals surface area contributed by atoms with Gasteiger partial charge in [-0.2, -0.15) is 0 Å². The molecular weight excluding hydrogens is 350 g/mol. The Labute approximate surface area is 155 Å². The van der Waals surface area contributed by atoms with Crippen LogP contribution in [0.1, 0.15) is 17.2 Å². The molecule has 1 aliphatic heterocycles. The first kappa shape index (κ1) is 17.3. The lowest BCUT2D eigenvalue weighted by molar-refractivity contribution is 0.0308. The zero-order valence-corrected chi connectivity index (χ0v) is 15.1. The van der Waals surface area contributed by atoms with Gasteiger partial charge in [-0.1, -0.05) is 17.7 Å². The number of benzene rings is 1. The third kappa shape index (κ3) is 3.05. The molecule has 7 nitrogen and oxygen atoms in total. The van der Waals surface area contributed by atoms with E-state index in [9.17, 15) is 10.2 Å². The highest BCUT2D eigenvalue weighted by Gasteiger charge is 2.42. The number of H-pyrrole nitrogens is 1. The van der Waals surface area contributed by atoms with Gasteiger partial charge < -0.3 is 26.2 Å². The van der Waals surface area contributed by atoms with Gasteiger partial charge >= 0.3 is 0 Å². The normalized spacial score (nSPS) is 25.8. The maximum absolute atomic E-state index is 10.6. The SMILES string of the molecule is Cc1ccc(SC[C@H]2N[C@@H](c3c[nH]c4c(N)ncnc34)[C@@H](O)C2O)cc1. The predicted molar refractivity (Wildman–Crippen MR) is 102 cm³/mol. The van der Waals surface area contributed by atoms with Crippen LogP contribution in [0.15, 0.2) is 41.7 Å². The molecule has 1 aromatic carbocycles. The van der Waals surface area contributed by atoms with Gasteiger partial charge in [0.05, 0.1) is 17.7 Å². The molecule has 4 atom stereocenters. The fourth-order valence-corrected chi connectivity index (χ4v) is 4.31. The molecular formula is C18H21N5O2S. The van der Waals surface area contributed by atoms with E-state index in [-0.39, 0.29) is 6.04 Å². The van der Waals surface area contributed by atoms with Gasteiger partial charge in [0.25, 0.3) is 0 Å². The summed E-state index contributed by atoms with van der Waals surface area (Å²) in [6, 6.07) is 7.61. The van der Waals surface area contributed by atoms with Crippen LogP contribution in [0, 0.1) is 6.92 Å². The molecule has 3 aromatic rings. The summed E-state index contributed by atoms with van der Waals surface area (Å²) in [5, 5.41) is 24.4. The summed E-state index contributed by atoms with van der Waals surface area (Å²) in [6.45, 7) is 2.05. The molecule has 0 bridgehead atoms. The van der Waals surface area contributed by atoms with Gasteiger partial charge in [-0.25, -0.2) is 9.97 Å². The van der Waals surface area contributed by atoms with E-state index in [1.165, 1.54) is 11.9 Å². The molecule has 0 saturated carbocycles. The minimum atomic E-state index is -0.922. The largest absolute Gasteiger partial charge is 0.389 e. The van der Waals surface area contributed by atoms with Crippen LogP contribution in [-0.4, -0.2) is 49.2 Å². The summed E-state index contributed by atoms with van der Waals surface area (Å²) in [6.07, 6.45) is 1.38. The molecule has 26 heavy (non-hydrogen) atoms. The van der Waals surface area contributed by atoms with Gasteiger partial charge in [-0.05, 0) is 19.1 Å². The Kier molecular flexibility index (Phi) is 4.58. The number of nitrogens with two attached hydrogens (primary N) is 1. The zero-order chi connectivity index (χ0) is 18.3. The average Bonchev–Trinajstić information content (AvgIpc) is 3.18. The van der Waals surface area contributed by atoms with E-state index in [2.05, 4.69) is 51.5 Å². The lowest BCUT2D eigenvalue weighted by Gasteiger charge is -2.15. The van der Waals surface area contributed by atoms with Crippen LogP contribution >= 0.6 is 11.8 Å². The van der Waals surface area contributed by atoms with Gasteiger partial charge in [-0.3, -0.25) is 0 Å². The van der Waals surface area contributed by atoms with Gasteiger partial charge in [0.15, 0.2) is 5.82 Å². The molecule has 6 N–H and O–H groups in total. The lowest BCUT2D eigenvalue weighted by atomic mass is 10.0. The molecule has 4 rings (SSSR count). The monoisotopic (exact) mass is 371 g/mol. The number of hydrogen-bond acceptors (Lipinski definition) is 7. The van der Waals surface area contributed by atoms with Crippen LogP contribution in [0.25, 0.3) is 11.0 Å². The fraction of sp³-hybridized carbons (Fsp3) is 0.333. The number of aromatic nitrogens is 3. The second kappa shape index (κ2) is 6.88. The van der Waals surface area contributed by atoms with Crippen molar-refractivity contribution >= 4 is 28.6 Å². The van der Waals surface area contributed by atoms with Gasteiger partial charge in [0.2, 0.25) is 0 Å². The van der Waals surface area contributed by atoms with Crippen molar-refractivity contribution in [2.75, 3.05) is 11.5 Å². The topological polar surface area (TPSA) is 120 Å². The molecule has 1 fully saturated rings. The van der Waals surface area contributed by atoms with Crippen molar-refractivity contribution in [2.45, 2.75) is 36.1 Å². The summed E-state index contributed by atoms with van der Waals surface area (Å²) in [5.74, 6) is 1.01. The molecule has 0 spiro atoms. The first-order chi connectivity index (χ1) is 12.5. The zero-order valence-electron chi connectivity index (χ0n) is 14.3. The molecule has 2 aromatic heterocycles. The molecule has 1 aliphatic rings. The van der Waals surface area contributed by atoms with E-state index in [4.69, 9.17) is 5.73 Å². The van der Waals surface area contributed by atoms with Crippen LogP contribution in [0.4, 0.5) is 5.82 Å². The third-order valence-corrected chi connectivity index (χ3v) is 5.94. The van der Waals surface area contributed by atoms with Gasteiger partial charge in [-0.15, -0.1) is 11.8 Å². The molecule has 8 heteroatoms. The van der Waals surface area contributed by atoms with Crippen LogP contribution < -0.4 is 11.1 Å². The number of nitrogen functional groups attached to an aromatic ring is 1. The van der Waals surface area contributed by atoms with Crippen molar-refractivity contribution in [1.29, 1.82) is 0 Å². The number of hydrogen-bond donors (Lipinski definition) is 5. The molecule has 0 radical (unpaired) electrons. The van der Waals surface area contributed by atoms with Crippen molar-refractivity contribution < 1.29 is 10.2 Å². The Bertz CT molecular complexity index is 914. The van der Waals surface area contributed by atoms with Gasteiger partial charge in [0.1, 0.15) is 17.9 Å². The second-order valence-corrected chi connectivity index (χ2v) is 7.68. The maximum Gasteiger partial charge on any atom is 0.151 e. The standard InChI is InChI=1S/C18H21N5O2S/c1-9-2-4-10(5-3-9)26-7-12-16(24)17(25)14(23-12)11-6-20-15-13(11)21-8-22-18(15)19/h2-6,8,12,14,16-17,20,23-25H,7H2,1H3,(H2,19,21,22)/t12-,14+,16?,17-/m1/s1.